The van der Waals surface area contributed by atoms with Crippen molar-refractivity contribution in [1.82, 2.24) is 5.32 Å². The summed E-state index contributed by atoms with van der Waals surface area (Å²) in [7, 11) is 0. The van der Waals surface area contributed by atoms with Gasteiger partial charge >= 0.3 is 0 Å². The molecular formula is C14H29NO2. The molecule has 3 heteroatoms. The first kappa shape index (κ1) is 14.9. The molecule has 0 aliphatic carbocycles. The summed E-state index contributed by atoms with van der Waals surface area (Å²) in [5.41, 5.74) is 0. The van der Waals surface area contributed by atoms with E-state index in [0.29, 0.717) is 30.3 Å². The van der Waals surface area contributed by atoms with Gasteiger partial charge in [-0.15, -0.1) is 0 Å². The Balaban J connectivity index is 2.16. The lowest BCUT2D eigenvalue weighted by atomic mass is 10.0. The zero-order valence-electron chi connectivity index (χ0n) is 12.0. The average Bonchev–Trinajstić information content (AvgIpc) is 2.22. The minimum atomic E-state index is 0.341. The number of rotatable bonds is 6. The number of ether oxygens (including phenoxy) is 2. The summed E-state index contributed by atoms with van der Waals surface area (Å²) in [6.07, 6.45) is 3.14. The fourth-order valence-electron chi connectivity index (χ4n) is 2.28. The molecule has 0 saturated carbocycles. The van der Waals surface area contributed by atoms with Crippen LogP contribution in [-0.4, -0.2) is 37.5 Å². The van der Waals surface area contributed by atoms with Gasteiger partial charge in [0.05, 0.1) is 24.9 Å². The second-order valence-electron chi connectivity index (χ2n) is 5.85. The van der Waals surface area contributed by atoms with E-state index < -0.39 is 0 Å². The summed E-state index contributed by atoms with van der Waals surface area (Å²) in [6, 6.07) is 0.556. The fourth-order valence-corrected chi connectivity index (χ4v) is 2.28. The lowest BCUT2D eigenvalue weighted by Crippen LogP contribution is -2.36. The zero-order valence-corrected chi connectivity index (χ0v) is 12.0. The predicted octanol–water partition coefficient (Wildman–Crippen LogP) is 2.59. The molecule has 0 radical (unpaired) electrons. The zero-order chi connectivity index (χ0) is 12.8. The molecule has 1 fully saturated rings. The van der Waals surface area contributed by atoms with Crippen LogP contribution >= 0.6 is 0 Å². The second kappa shape index (κ2) is 7.34. The van der Waals surface area contributed by atoms with Crippen LogP contribution in [0.15, 0.2) is 0 Å². The summed E-state index contributed by atoms with van der Waals surface area (Å²) in [4.78, 5) is 0. The highest BCUT2D eigenvalue weighted by Crippen LogP contribution is 2.21. The molecule has 3 atom stereocenters. The van der Waals surface area contributed by atoms with Crippen molar-refractivity contribution in [3.8, 4) is 0 Å². The molecule has 1 N–H and O–H groups in total. The molecule has 0 aromatic rings. The molecule has 3 unspecified atom stereocenters. The molecule has 1 rings (SSSR count). The van der Waals surface area contributed by atoms with Gasteiger partial charge in [-0.2, -0.15) is 0 Å². The van der Waals surface area contributed by atoms with Gasteiger partial charge in [-0.05, 0) is 32.6 Å². The largest absolute Gasteiger partial charge is 0.378 e. The minimum absolute atomic E-state index is 0.341. The molecular weight excluding hydrogens is 214 g/mol. The Bertz CT molecular complexity index is 198. The lowest BCUT2D eigenvalue weighted by Gasteiger charge is -2.32. The van der Waals surface area contributed by atoms with E-state index in [-0.39, 0.29) is 0 Å². The van der Waals surface area contributed by atoms with Gasteiger partial charge in [-0.1, -0.05) is 20.8 Å². The van der Waals surface area contributed by atoms with Gasteiger partial charge in [-0.3, -0.25) is 0 Å². The van der Waals surface area contributed by atoms with E-state index in [4.69, 9.17) is 9.47 Å². The van der Waals surface area contributed by atoms with E-state index in [2.05, 4.69) is 39.9 Å². The van der Waals surface area contributed by atoms with Crippen molar-refractivity contribution in [2.45, 2.75) is 71.8 Å². The molecule has 0 aromatic heterocycles. The summed E-state index contributed by atoms with van der Waals surface area (Å²) in [6.45, 7) is 12.7. The molecule has 0 bridgehead atoms. The van der Waals surface area contributed by atoms with E-state index >= 15 is 0 Å². The topological polar surface area (TPSA) is 30.5 Å². The maximum atomic E-state index is 6.00. The Morgan fingerprint density at radius 1 is 1.18 bits per heavy atom. The monoisotopic (exact) mass is 243 g/mol. The number of hydrogen-bond acceptors (Lipinski definition) is 3. The normalized spacial score (nSPS) is 31.8. The van der Waals surface area contributed by atoms with Crippen molar-refractivity contribution in [1.29, 1.82) is 0 Å². The maximum absolute atomic E-state index is 6.00. The van der Waals surface area contributed by atoms with Crippen LogP contribution < -0.4 is 5.32 Å². The Morgan fingerprint density at radius 3 is 2.29 bits per heavy atom. The molecule has 1 aliphatic rings. The van der Waals surface area contributed by atoms with Gasteiger partial charge < -0.3 is 14.8 Å². The predicted molar refractivity (Wildman–Crippen MR) is 71.3 cm³/mol. The third-order valence-electron chi connectivity index (χ3n) is 3.15. The fraction of sp³-hybridized carbons (Fsp3) is 1.00. The van der Waals surface area contributed by atoms with Gasteiger partial charge in [0.15, 0.2) is 0 Å². The van der Waals surface area contributed by atoms with Crippen LogP contribution in [0.1, 0.15) is 47.5 Å². The van der Waals surface area contributed by atoms with Crippen LogP contribution in [0.5, 0.6) is 0 Å². The Kier molecular flexibility index (Phi) is 6.45. The SMILES string of the molecule is CC(CNC(C)C)COC1CC(C)OC(C)C1. The molecule has 0 amide bonds. The summed E-state index contributed by atoms with van der Waals surface area (Å²) in [5.74, 6) is 0.575. The molecule has 1 saturated heterocycles. The van der Waals surface area contributed by atoms with Crippen LogP contribution in [0.25, 0.3) is 0 Å². The van der Waals surface area contributed by atoms with E-state index in [0.717, 1.165) is 26.0 Å². The van der Waals surface area contributed by atoms with Gasteiger partial charge in [0, 0.05) is 12.6 Å². The van der Waals surface area contributed by atoms with E-state index in [1.165, 1.54) is 0 Å². The number of hydrogen-bond donors (Lipinski definition) is 1. The quantitative estimate of drug-likeness (QED) is 0.778. The lowest BCUT2D eigenvalue weighted by molar-refractivity contribution is -0.106. The van der Waals surface area contributed by atoms with Crippen LogP contribution in [0.2, 0.25) is 0 Å². The first-order valence-corrected chi connectivity index (χ1v) is 6.97. The molecule has 17 heavy (non-hydrogen) atoms. The molecule has 1 aliphatic heterocycles. The average molecular weight is 243 g/mol. The van der Waals surface area contributed by atoms with E-state index in [1.54, 1.807) is 0 Å². The van der Waals surface area contributed by atoms with E-state index in [9.17, 15) is 0 Å². The Labute approximate surface area is 106 Å². The van der Waals surface area contributed by atoms with Gasteiger partial charge in [0.2, 0.25) is 0 Å². The molecule has 0 aromatic carbocycles. The van der Waals surface area contributed by atoms with Crippen molar-refractivity contribution in [2.75, 3.05) is 13.2 Å². The molecule has 3 nitrogen and oxygen atoms in total. The Hall–Kier alpha value is -0.120. The van der Waals surface area contributed by atoms with Gasteiger partial charge in [-0.25, -0.2) is 0 Å². The highest BCUT2D eigenvalue weighted by molar-refractivity contribution is 4.74. The summed E-state index contributed by atoms with van der Waals surface area (Å²) < 4.78 is 11.7. The first-order valence-electron chi connectivity index (χ1n) is 6.97. The smallest absolute Gasteiger partial charge is 0.0624 e. The van der Waals surface area contributed by atoms with Crippen molar-refractivity contribution in [3.05, 3.63) is 0 Å². The van der Waals surface area contributed by atoms with E-state index in [1.807, 2.05) is 0 Å². The first-order chi connectivity index (χ1) is 7.97. The maximum Gasteiger partial charge on any atom is 0.0624 e. The minimum Gasteiger partial charge on any atom is -0.378 e. The summed E-state index contributed by atoms with van der Waals surface area (Å²) in [5, 5.41) is 3.45. The third kappa shape index (κ3) is 6.39. The van der Waals surface area contributed by atoms with Crippen molar-refractivity contribution >= 4 is 0 Å². The van der Waals surface area contributed by atoms with Crippen LogP contribution in [0.3, 0.4) is 0 Å². The van der Waals surface area contributed by atoms with Crippen LogP contribution in [-0.2, 0) is 9.47 Å². The second-order valence-corrected chi connectivity index (χ2v) is 5.85. The summed E-state index contributed by atoms with van der Waals surface area (Å²) >= 11 is 0. The molecule has 0 spiro atoms. The van der Waals surface area contributed by atoms with Gasteiger partial charge in [0.1, 0.15) is 0 Å². The van der Waals surface area contributed by atoms with Crippen molar-refractivity contribution in [3.63, 3.8) is 0 Å². The van der Waals surface area contributed by atoms with Crippen molar-refractivity contribution < 1.29 is 9.47 Å². The molecule has 102 valence electrons. The highest BCUT2D eigenvalue weighted by atomic mass is 16.5. The molecule has 1 heterocycles. The third-order valence-corrected chi connectivity index (χ3v) is 3.15. The van der Waals surface area contributed by atoms with Gasteiger partial charge in [0.25, 0.3) is 0 Å². The highest BCUT2D eigenvalue weighted by Gasteiger charge is 2.25. The Morgan fingerprint density at radius 2 is 1.76 bits per heavy atom. The van der Waals surface area contributed by atoms with Crippen molar-refractivity contribution in [2.24, 2.45) is 5.92 Å². The number of nitrogens with one attached hydrogen (secondary N) is 1. The van der Waals surface area contributed by atoms with Crippen LogP contribution in [0.4, 0.5) is 0 Å². The van der Waals surface area contributed by atoms with Crippen LogP contribution in [0, 0.1) is 5.92 Å². The standard InChI is InChI=1S/C14H29NO2/c1-10(2)15-8-11(3)9-16-14-6-12(4)17-13(5)7-14/h10-15H,6-9H2,1-5H3.